The Morgan fingerprint density at radius 3 is 2.20 bits per heavy atom. The van der Waals surface area contributed by atoms with Crippen molar-refractivity contribution in [3.05, 3.63) is 14.7 Å². The number of aliphatic hydroxyl groups excluding tert-OH is 3. The molecule has 1 aromatic rings. The van der Waals surface area contributed by atoms with Crippen LogP contribution in [-0.4, -0.2) is 167 Å². The van der Waals surface area contributed by atoms with Crippen LogP contribution in [0.2, 0.25) is 0 Å². The van der Waals surface area contributed by atoms with Crippen molar-refractivity contribution in [1.29, 1.82) is 0 Å². The first-order valence-electron chi connectivity index (χ1n) is 20.1. The minimum atomic E-state index is -1.16. The topological polar surface area (TPSA) is 213 Å². The van der Waals surface area contributed by atoms with E-state index < -0.39 is 79.2 Å². The summed E-state index contributed by atoms with van der Waals surface area (Å²) in [7, 11) is 7.49. The fourth-order valence-electron chi connectivity index (χ4n) is 8.00. The Morgan fingerprint density at radius 1 is 0.864 bits per heavy atom. The second-order valence-corrected chi connectivity index (χ2v) is 17.3. The number of thioether (sulfide) groups is 1. The monoisotopic (exact) mass is 974 g/mol. The van der Waals surface area contributed by atoms with Crippen LogP contribution >= 0.6 is 34.4 Å². The molecule has 0 unspecified atom stereocenters. The molecule has 338 valence electrons. The van der Waals surface area contributed by atoms with Crippen molar-refractivity contribution in [2.75, 3.05) is 48.7 Å². The van der Waals surface area contributed by atoms with E-state index in [1.165, 1.54) is 28.4 Å². The highest BCUT2D eigenvalue weighted by atomic mass is 127. The van der Waals surface area contributed by atoms with E-state index in [4.69, 9.17) is 56.9 Å². The first-order valence-corrected chi connectivity index (χ1v) is 22.0. The van der Waals surface area contributed by atoms with Crippen molar-refractivity contribution < 1.29 is 77.1 Å². The summed E-state index contributed by atoms with van der Waals surface area (Å²) >= 11 is 3.01. The highest BCUT2D eigenvalue weighted by Crippen LogP contribution is 2.49. The zero-order valence-electron chi connectivity index (χ0n) is 35.4. The van der Waals surface area contributed by atoms with Gasteiger partial charge in [0.25, 0.3) is 0 Å². The molecule has 16 atom stereocenters. The van der Waals surface area contributed by atoms with E-state index in [1.54, 1.807) is 21.0 Å². The van der Waals surface area contributed by atoms with Crippen LogP contribution in [0.1, 0.15) is 69.3 Å². The van der Waals surface area contributed by atoms with Crippen LogP contribution in [0.15, 0.2) is 0 Å². The summed E-state index contributed by atoms with van der Waals surface area (Å²) in [6.45, 7) is 10.4. The minimum Gasteiger partial charge on any atom is -0.492 e. The molecule has 4 saturated heterocycles. The molecule has 1 aromatic carbocycles. The summed E-state index contributed by atoms with van der Waals surface area (Å²) in [6.07, 6.45) is -8.45. The summed E-state index contributed by atoms with van der Waals surface area (Å²) in [4.78, 5) is 20.2. The van der Waals surface area contributed by atoms with E-state index in [0.717, 1.165) is 18.3 Å². The van der Waals surface area contributed by atoms with Crippen molar-refractivity contribution in [2.45, 2.75) is 158 Å². The van der Waals surface area contributed by atoms with Crippen LogP contribution in [0, 0.1) is 10.5 Å². The zero-order chi connectivity index (χ0) is 43.1. The number of aliphatic hydroxyl groups is 3. The summed E-state index contributed by atoms with van der Waals surface area (Å²) in [5.74, 6) is 0.531. The Balaban J connectivity index is 1.24. The maximum absolute atomic E-state index is 14.2. The maximum atomic E-state index is 14.2. The number of rotatable bonds is 17. The minimum absolute atomic E-state index is 0.00573. The molecule has 4 aliphatic heterocycles. The van der Waals surface area contributed by atoms with Crippen molar-refractivity contribution in [3.8, 4) is 17.2 Å². The number of hydrogen-bond donors (Lipinski definition) is 5. The van der Waals surface area contributed by atoms with Gasteiger partial charge in [-0.05, 0) is 61.9 Å². The number of methoxy groups -OCH3 is 5. The van der Waals surface area contributed by atoms with Crippen LogP contribution in [0.5, 0.6) is 17.2 Å². The molecule has 0 radical (unpaired) electrons. The average Bonchev–Trinajstić information content (AvgIpc) is 3.22. The predicted molar refractivity (Wildman–Crippen MR) is 222 cm³/mol. The standard InChI is InChI=1S/C39H63IN2O16S/c1-11-22-36(59-37(46)27-18(4)28(40)33(35(50-9)32(27)49-8)57-38-30(44)24(48-7)13-17(3)53-38)21(43)14-26(55-22)58-42-29-19(5)54-39(51-10)34(31(29)45)56-25-15-23(47-6)20(16-52-25)41-12-2/h17,19-26,29-31,34,36,38-39,41-45H,11-16H2,1-10H3/t17-,19+,20-,21-,22+,23-,24+,25-,26-,29+,30+,31-,34+,36-,38-,39+/m0/s1. The molecule has 4 fully saturated rings. The molecule has 59 heavy (non-hydrogen) atoms. The van der Waals surface area contributed by atoms with Gasteiger partial charge in [-0.15, -0.1) is 0 Å². The number of hydroxylamine groups is 1. The number of ether oxygens (including phenoxy) is 11. The molecule has 4 aliphatic rings. The van der Waals surface area contributed by atoms with Gasteiger partial charge in [0.2, 0.25) is 17.2 Å². The summed E-state index contributed by atoms with van der Waals surface area (Å²) in [6, 6.07) is -0.777. The molecule has 4 heterocycles. The van der Waals surface area contributed by atoms with Crippen LogP contribution in [0.4, 0.5) is 0 Å². The Bertz CT molecular complexity index is 1520. The van der Waals surface area contributed by atoms with Crippen molar-refractivity contribution in [3.63, 3.8) is 0 Å². The number of likely N-dealkylation sites (N-methyl/N-ethyl adjacent to an activating group) is 1. The average molecular weight is 975 g/mol. The summed E-state index contributed by atoms with van der Waals surface area (Å²) < 4.78 is 65.5. The lowest BCUT2D eigenvalue weighted by Gasteiger charge is -2.45. The number of carbonyl (C=O) groups is 1. The molecule has 18 nitrogen and oxygen atoms in total. The second-order valence-electron chi connectivity index (χ2n) is 15.1. The van der Waals surface area contributed by atoms with E-state index >= 15 is 0 Å². The fourth-order valence-corrected chi connectivity index (χ4v) is 9.93. The van der Waals surface area contributed by atoms with Crippen LogP contribution in [0.3, 0.4) is 0 Å². The molecule has 0 spiro atoms. The van der Waals surface area contributed by atoms with Gasteiger partial charge < -0.3 is 72.7 Å². The highest BCUT2D eigenvalue weighted by Gasteiger charge is 2.48. The Hall–Kier alpha value is -1.19. The Morgan fingerprint density at radius 2 is 1.58 bits per heavy atom. The molecule has 0 saturated carbocycles. The summed E-state index contributed by atoms with van der Waals surface area (Å²) in [5, 5.41) is 36.3. The van der Waals surface area contributed by atoms with E-state index in [1.807, 2.05) is 20.8 Å². The smallest absolute Gasteiger partial charge is 0.229 e. The third-order valence-corrected chi connectivity index (χ3v) is 13.8. The number of carbonyl (C=O) groups excluding carboxylic acids is 1. The van der Waals surface area contributed by atoms with E-state index in [0.29, 0.717) is 35.0 Å². The molecular formula is C39H63IN2O16S. The molecule has 20 heteroatoms. The lowest BCUT2D eigenvalue weighted by Crippen LogP contribution is -2.64. The summed E-state index contributed by atoms with van der Waals surface area (Å²) in [5.41, 5.74) is 3.70. The van der Waals surface area contributed by atoms with Crippen LogP contribution < -0.4 is 25.0 Å². The Labute approximate surface area is 364 Å². The van der Waals surface area contributed by atoms with E-state index in [9.17, 15) is 20.1 Å². The van der Waals surface area contributed by atoms with Crippen molar-refractivity contribution in [2.24, 2.45) is 0 Å². The number of benzene rings is 1. The molecule has 0 aromatic heterocycles. The third-order valence-electron chi connectivity index (χ3n) is 11.2. The molecule has 0 bridgehead atoms. The van der Waals surface area contributed by atoms with Gasteiger partial charge in [-0.2, -0.15) is 5.48 Å². The zero-order valence-corrected chi connectivity index (χ0v) is 38.4. The lowest BCUT2D eigenvalue weighted by atomic mass is 9.97. The highest BCUT2D eigenvalue weighted by molar-refractivity contribution is 14.1. The van der Waals surface area contributed by atoms with Crippen molar-refractivity contribution in [1.82, 2.24) is 10.8 Å². The van der Waals surface area contributed by atoms with Crippen molar-refractivity contribution >= 4 is 39.5 Å². The van der Waals surface area contributed by atoms with Gasteiger partial charge in [0.15, 0.2) is 30.4 Å². The van der Waals surface area contributed by atoms with Gasteiger partial charge in [0, 0.05) is 40.6 Å². The first kappa shape index (κ1) is 48.8. The van der Waals surface area contributed by atoms with E-state index in [2.05, 4.69) is 33.4 Å². The maximum Gasteiger partial charge on any atom is 0.229 e. The van der Waals surface area contributed by atoms with Gasteiger partial charge in [-0.25, -0.2) is 0 Å². The molecule has 5 N–H and O–H groups in total. The van der Waals surface area contributed by atoms with Gasteiger partial charge >= 0.3 is 0 Å². The molecule has 5 rings (SSSR count). The lowest BCUT2D eigenvalue weighted by molar-refractivity contribution is -0.330. The quantitative estimate of drug-likeness (QED) is 0.112. The Kier molecular flexibility index (Phi) is 18.6. The van der Waals surface area contributed by atoms with Gasteiger partial charge in [-0.1, -0.05) is 25.6 Å². The second kappa shape index (κ2) is 22.4. The van der Waals surface area contributed by atoms with Gasteiger partial charge in [-0.3, -0.25) is 9.63 Å². The van der Waals surface area contributed by atoms with E-state index in [-0.39, 0.29) is 52.6 Å². The normalized spacial score (nSPS) is 37.9. The third kappa shape index (κ3) is 11.1. The first-order chi connectivity index (χ1) is 28.2. The molecular weight excluding hydrogens is 911 g/mol. The number of halogens is 1. The van der Waals surface area contributed by atoms with Crippen LogP contribution in [0.25, 0.3) is 0 Å². The molecule has 0 aliphatic carbocycles. The van der Waals surface area contributed by atoms with Crippen LogP contribution in [-0.2, 0) is 42.7 Å². The number of hydrogen-bond acceptors (Lipinski definition) is 19. The van der Waals surface area contributed by atoms with Gasteiger partial charge in [0.05, 0.1) is 83.9 Å². The van der Waals surface area contributed by atoms with Gasteiger partial charge in [0.1, 0.15) is 18.3 Å². The SMILES string of the molecule is CCN[C@H]1CO[C@@H](O[C@H]2[C@H](OC)O[C@H](C)[C@@H](NO[C@H]3C[C@H](O)[C@H](SC(=O)c4c(C)c(I)c(O[C@@H]5O[C@@H](C)C[C@@H](OC)[C@H]5O)c(OC)c4OC)[C@@H](CC)O3)[C@@H]2O)C[C@@H]1OC. The fraction of sp³-hybridized carbons (Fsp3) is 0.821. The number of nitrogens with one attached hydrogen (secondary N) is 2. The largest absolute Gasteiger partial charge is 0.492 e. The predicted octanol–water partition coefficient (Wildman–Crippen LogP) is 2.40. The molecule has 0 amide bonds.